The lowest BCUT2D eigenvalue weighted by Gasteiger charge is -2.21. The van der Waals surface area contributed by atoms with Gasteiger partial charge in [-0.1, -0.05) is 45.9 Å². The lowest BCUT2D eigenvalue weighted by Crippen LogP contribution is -2.28. The van der Waals surface area contributed by atoms with E-state index in [1.807, 2.05) is 31.8 Å². The molecule has 0 spiro atoms. The summed E-state index contributed by atoms with van der Waals surface area (Å²) in [6.07, 6.45) is 0.931. The number of aryl methyl sites for hydroxylation is 1. The highest BCUT2D eigenvalue weighted by atomic mass is 16.1. The molecule has 0 atom stereocenters. The summed E-state index contributed by atoms with van der Waals surface area (Å²) in [5, 5.41) is 1.08. The molecule has 0 saturated heterocycles. The summed E-state index contributed by atoms with van der Waals surface area (Å²) in [5.74, 6) is 0. The van der Waals surface area contributed by atoms with E-state index in [4.69, 9.17) is 9.59 Å². The maximum Gasteiger partial charge on any atom is 0.348 e. The highest BCUT2D eigenvalue weighted by Gasteiger charge is 2.20. The number of aromatic nitrogens is 2. The molecule has 0 amide bonds. The normalized spacial score (nSPS) is 10.2. The Balaban J connectivity index is 0.00000102. The number of hydrogen-bond donors (Lipinski definition) is 0. The smallest absolute Gasteiger partial charge is 0.307 e. The maximum atomic E-state index is 12.1. The van der Waals surface area contributed by atoms with Gasteiger partial charge in [0.15, 0.2) is 0 Å². The zero-order valence-corrected chi connectivity index (χ0v) is 13.8. The van der Waals surface area contributed by atoms with E-state index in [0.29, 0.717) is 0 Å². The van der Waals surface area contributed by atoms with E-state index in [-0.39, 0.29) is 11.1 Å². The van der Waals surface area contributed by atoms with Crippen LogP contribution >= 0.6 is 0 Å². The predicted octanol–water partition coefficient (Wildman–Crippen LogP) is 2.73. The van der Waals surface area contributed by atoms with Crippen molar-refractivity contribution in [2.45, 2.75) is 46.1 Å². The SMILES string of the molecule is C=O.C=O.CCCn1c(=O)nc(C(C)(C)C)c2ccccc21. The molecule has 0 N–H and O–H groups in total. The fourth-order valence-corrected chi connectivity index (χ4v) is 2.24. The summed E-state index contributed by atoms with van der Waals surface area (Å²) < 4.78 is 1.77. The minimum Gasteiger partial charge on any atom is -0.307 e. The molecule has 0 radical (unpaired) electrons. The number of carbonyl (C=O) groups excluding carboxylic acids is 2. The van der Waals surface area contributed by atoms with Crippen LogP contribution in [0.5, 0.6) is 0 Å². The lowest BCUT2D eigenvalue weighted by atomic mass is 9.89. The highest BCUT2D eigenvalue weighted by Crippen LogP contribution is 2.26. The Kier molecular flexibility index (Phi) is 7.94. The van der Waals surface area contributed by atoms with Crippen LogP contribution in [-0.4, -0.2) is 23.1 Å². The molecule has 0 aliphatic heterocycles. The zero-order chi connectivity index (χ0) is 17.3. The van der Waals surface area contributed by atoms with Crippen molar-refractivity contribution in [3.05, 3.63) is 40.4 Å². The first-order chi connectivity index (χ1) is 10.4. The van der Waals surface area contributed by atoms with Crippen LogP contribution in [0.25, 0.3) is 10.9 Å². The molecule has 5 nitrogen and oxygen atoms in total. The maximum absolute atomic E-state index is 12.1. The van der Waals surface area contributed by atoms with Crippen molar-refractivity contribution in [3.63, 3.8) is 0 Å². The first kappa shape index (κ1) is 19.7. The van der Waals surface area contributed by atoms with Gasteiger partial charge in [-0.2, -0.15) is 4.98 Å². The fraction of sp³-hybridized carbons (Fsp3) is 0.412. The van der Waals surface area contributed by atoms with Gasteiger partial charge in [-0.25, -0.2) is 4.79 Å². The topological polar surface area (TPSA) is 69.0 Å². The number of benzene rings is 1. The molecule has 0 unspecified atom stereocenters. The third kappa shape index (κ3) is 4.35. The molecule has 2 rings (SSSR count). The van der Waals surface area contributed by atoms with Gasteiger partial charge in [0.05, 0.1) is 11.2 Å². The van der Waals surface area contributed by atoms with E-state index in [0.717, 1.165) is 29.6 Å². The Bertz CT molecular complexity index is 655. The minimum absolute atomic E-state index is 0.121. The molecular formula is C17H24N2O3. The predicted molar refractivity (Wildman–Crippen MR) is 89.2 cm³/mol. The van der Waals surface area contributed by atoms with Gasteiger partial charge in [-0.05, 0) is 12.5 Å². The molecule has 120 valence electrons. The van der Waals surface area contributed by atoms with Crippen molar-refractivity contribution in [2.24, 2.45) is 0 Å². The standard InChI is InChI=1S/C15H20N2O.2CH2O/c1-5-10-17-12-9-7-6-8-11(12)13(15(2,3)4)16-14(17)18;2*1-2/h6-9H,5,10H2,1-4H3;2*1H2. The van der Waals surface area contributed by atoms with E-state index in [1.165, 1.54) is 0 Å². The van der Waals surface area contributed by atoms with Gasteiger partial charge in [0.1, 0.15) is 13.6 Å². The van der Waals surface area contributed by atoms with Crippen molar-refractivity contribution in [2.75, 3.05) is 0 Å². The van der Waals surface area contributed by atoms with Gasteiger partial charge >= 0.3 is 5.69 Å². The van der Waals surface area contributed by atoms with Crippen LogP contribution in [0, 0.1) is 0 Å². The number of carbonyl (C=O) groups is 2. The van der Waals surface area contributed by atoms with Gasteiger partial charge in [0.2, 0.25) is 0 Å². The van der Waals surface area contributed by atoms with E-state index in [2.05, 4.69) is 38.7 Å². The second-order valence-electron chi connectivity index (χ2n) is 5.66. The summed E-state index contributed by atoms with van der Waals surface area (Å²) in [6, 6.07) is 8.03. The monoisotopic (exact) mass is 304 g/mol. The van der Waals surface area contributed by atoms with Gasteiger partial charge in [0.25, 0.3) is 0 Å². The van der Waals surface area contributed by atoms with Crippen molar-refractivity contribution < 1.29 is 9.59 Å². The van der Waals surface area contributed by atoms with Crippen molar-refractivity contribution in [1.82, 2.24) is 9.55 Å². The molecule has 0 fully saturated rings. The van der Waals surface area contributed by atoms with E-state index < -0.39 is 0 Å². The van der Waals surface area contributed by atoms with Gasteiger partial charge in [0, 0.05) is 17.3 Å². The zero-order valence-electron chi connectivity index (χ0n) is 13.8. The molecule has 0 aliphatic rings. The van der Waals surface area contributed by atoms with E-state index in [1.54, 1.807) is 4.57 Å². The first-order valence-corrected chi connectivity index (χ1v) is 7.03. The Hall–Kier alpha value is -2.30. The minimum atomic E-state index is -0.138. The summed E-state index contributed by atoms with van der Waals surface area (Å²) in [7, 11) is 0. The molecule has 1 heterocycles. The molecule has 22 heavy (non-hydrogen) atoms. The number of para-hydroxylation sites is 1. The van der Waals surface area contributed by atoms with Crippen LogP contribution in [0.15, 0.2) is 29.1 Å². The number of hydrogen-bond acceptors (Lipinski definition) is 4. The van der Waals surface area contributed by atoms with E-state index in [9.17, 15) is 4.79 Å². The average Bonchev–Trinajstić information content (AvgIpc) is 2.53. The number of fused-ring (bicyclic) bond motifs is 1. The summed E-state index contributed by atoms with van der Waals surface area (Å²) in [4.78, 5) is 32.4. The molecule has 0 aliphatic carbocycles. The summed E-state index contributed by atoms with van der Waals surface area (Å²) in [6.45, 7) is 13.1. The van der Waals surface area contributed by atoms with E-state index >= 15 is 0 Å². The lowest BCUT2D eigenvalue weighted by molar-refractivity contribution is -0.0987. The van der Waals surface area contributed by atoms with Crippen molar-refractivity contribution in [3.8, 4) is 0 Å². The number of rotatable bonds is 2. The molecule has 5 heteroatoms. The molecule has 1 aromatic carbocycles. The van der Waals surface area contributed by atoms with Crippen LogP contribution < -0.4 is 5.69 Å². The Labute approximate surface area is 131 Å². The first-order valence-electron chi connectivity index (χ1n) is 7.03. The quantitative estimate of drug-likeness (QED) is 0.855. The Morgan fingerprint density at radius 2 is 1.64 bits per heavy atom. The molecule has 0 bridgehead atoms. The molecule has 2 aromatic rings. The van der Waals surface area contributed by atoms with Crippen LogP contribution in [0.4, 0.5) is 0 Å². The summed E-state index contributed by atoms with van der Waals surface area (Å²) in [5.41, 5.74) is 1.62. The van der Waals surface area contributed by atoms with Gasteiger partial charge < -0.3 is 9.59 Å². The van der Waals surface area contributed by atoms with Crippen molar-refractivity contribution in [1.29, 1.82) is 0 Å². The second-order valence-corrected chi connectivity index (χ2v) is 5.66. The molecule has 0 saturated carbocycles. The fourth-order valence-electron chi connectivity index (χ4n) is 2.24. The second kappa shape index (κ2) is 8.87. The average molecular weight is 304 g/mol. The largest absolute Gasteiger partial charge is 0.348 e. The van der Waals surface area contributed by atoms with Crippen LogP contribution in [0.3, 0.4) is 0 Å². The summed E-state index contributed by atoms with van der Waals surface area (Å²) >= 11 is 0. The Morgan fingerprint density at radius 1 is 1.09 bits per heavy atom. The van der Waals surface area contributed by atoms with Crippen LogP contribution in [0.2, 0.25) is 0 Å². The molecular weight excluding hydrogens is 280 g/mol. The Morgan fingerprint density at radius 3 is 2.14 bits per heavy atom. The third-order valence-corrected chi connectivity index (χ3v) is 3.05. The molecule has 1 aromatic heterocycles. The van der Waals surface area contributed by atoms with Gasteiger partial charge in [-0.15, -0.1) is 0 Å². The van der Waals surface area contributed by atoms with Crippen LogP contribution in [-0.2, 0) is 21.5 Å². The third-order valence-electron chi connectivity index (χ3n) is 3.05. The highest BCUT2D eigenvalue weighted by molar-refractivity contribution is 5.82. The van der Waals surface area contributed by atoms with Crippen LogP contribution in [0.1, 0.15) is 39.8 Å². The van der Waals surface area contributed by atoms with Crippen molar-refractivity contribution >= 4 is 24.5 Å². The van der Waals surface area contributed by atoms with Gasteiger partial charge in [-0.3, -0.25) is 4.57 Å². The number of nitrogens with zero attached hydrogens (tertiary/aromatic N) is 2.